The molecular formula is C17H16ClNO4S2. The minimum atomic E-state index is -3.86. The highest BCUT2D eigenvalue weighted by Gasteiger charge is 2.37. The van der Waals surface area contributed by atoms with Gasteiger partial charge in [0.05, 0.1) is 17.7 Å². The smallest absolute Gasteiger partial charge is 0.241 e. The first-order valence-electron chi connectivity index (χ1n) is 7.39. The van der Waals surface area contributed by atoms with E-state index in [-0.39, 0.29) is 17.2 Å². The van der Waals surface area contributed by atoms with Gasteiger partial charge in [0, 0.05) is 9.90 Å². The molecule has 1 aromatic carbocycles. The van der Waals surface area contributed by atoms with Crippen LogP contribution in [0.15, 0.2) is 63.4 Å². The summed E-state index contributed by atoms with van der Waals surface area (Å²) in [5.41, 5.74) is -1.04. The Bertz CT molecular complexity index is 916. The topological polar surface area (TPSA) is 79.5 Å². The fourth-order valence-electron chi connectivity index (χ4n) is 2.46. The lowest BCUT2D eigenvalue weighted by Gasteiger charge is -2.25. The fraction of sp³-hybridized carbons (Fsp3) is 0.176. The van der Waals surface area contributed by atoms with Crippen LogP contribution in [0.2, 0.25) is 5.02 Å². The summed E-state index contributed by atoms with van der Waals surface area (Å²) in [5, 5.41) is 13.3. The fourth-order valence-corrected chi connectivity index (χ4v) is 4.86. The van der Waals surface area contributed by atoms with Gasteiger partial charge in [0.25, 0.3) is 0 Å². The Hall–Kier alpha value is -1.64. The zero-order chi connectivity index (χ0) is 18.1. The summed E-state index contributed by atoms with van der Waals surface area (Å²) in [6, 6.07) is 11.4. The second-order valence-corrected chi connectivity index (χ2v) is 8.67. The molecule has 0 aliphatic rings. The molecule has 1 unspecified atom stereocenters. The van der Waals surface area contributed by atoms with E-state index in [1.165, 1.54) is 23.7 Å². The quantitative estimate of drug-likeness (QED) is 0.667. The Morgan fingerprint density at radius 3 is 2.72 bits per heavy atom. The van der Waals surface area contributed by atoms with E-state index < -0.39 is 15.6 Å². The molecule has 0 amide bonds. The lowest BCUT2D eigenvalue weighted by atomic mass is 9.99. The highest BCUT2D eigenvalue weighted by Crippen LogP contribution is 2.33. The molecule has 5 nitrogen and oxygen atoms in total. The van der Waals surface area contributed by atoms with Crippen molar-refractivity contribution < 1.29 is 17.9 Å². The summed E-state index contributed by atoms with van der Waals surface area (Å²) in [6.45, 7) is 1.41. The van der Waals surface area contributed by atoms with Crippen LogP contribution in [0.1, 0.15) is 16.2 Å². The molecular weight excluding hydrogens is 382 g/mol. The zero-order valence-electron chi connectivity index (χ0n) is 13.3. The van der Waals surface area contributed by atoms with Crippen LogP contribution in [0.5, 0.6) is 0 Å². The summed E-state index contributed by atoms with van der Waals surface area (Å²) >= 11 is 7.23. The van der Waals surface area contributed by atoms with E-state index in [0.717, 1.165) is 0 Å². The Kier molecular flexibility index (Phi) is 5.04. The van der Waals surface area contributed by atoms with Crippen molar-refractivity contribution in [1.29, 1.82) is 0 Å². The van der Waals surface area contributed by atoms with Crippen LogP contribution in [0.25, 0.3) is 0 Å². The van der Waals surface area contributed by atoms with Crippen LogP contribution in [0.3, 0.4) is 0 Å². The van der Waals surface area contributed by atoms with Gasteiger partial charge in [-0.15, -0.1) is 11.3 Å². The predicted octanol–water partition coefficient (Wildman–Crippen LogP) is 3.52. The Balaban J connectivity index is 1.93. The van der Waals surface area contributed by atoms with Gasteiger partial charge in [-0.3, -0.25) is 0 Å². The van der Waals surface area contributed by atoms with Gasteiger partial charge in [-0.1, -0.05) is 23.7 Å². The third-order valence-electron chi connectivity index (χ3n) is 3.82. The molecule has 2 heterocycles. The monoisotopic (exact) mass is 397 g/mol. The summed E-state index contributed by atoms with van der Waals surface area (Å²) in [7, 11) is -3.86. The van der Waals surface area contributed by atoms with Gasteiger partial charge >= 0.3 is 0 Å². The maximum absolute atomic E-state index is 12.7. The molecule has 0 saturated carbocycles. The molecule has 8 heteroatoms. The minimum Gasteiger partial charge on any atom is -0.466 e. The van der Waals surface area contributed by atoms with E-state index in [0.29, 0.717) is 15.5 Å². The van der Waals surface area contributed by atoms with Crippen LogP contribution in [-0.4, -0.2) is 20.1 Å². The lowest BCUT2D eigenvalue weighted by Crippen LogP contribution is -2.41. The van der Waals surface area contributed by atoms with E-state index in [2.05, 4.69) is 4.72 Å². The predicted molar refractivity (Wildman–Crippen MR) is 97.4 cm³/mol. The van der Waals surface area contributed by atoms with Crippen molar-refractivity contribution in [1.82, 2.24) is 4.72 Å². The number of aryl methyl sites for hydroxylation is 1. The second-order valence-electron chi connectivity index (χ2n) is 5.55. The summed E-state index contributed by atoms with van der Waals surface area (Å²) in [6.07, 6.45) is 1.43. The number of hydrogen-bond donors (Lipinski definition) is 2. The largest absolute Gasteiger partial charge is 0.466 e. The SMILES string of the molecule is Cc1ccc(Cl)cc1S(=O)(=O)NCC(O)(c1ccco1)c1cccs1. The van der Waals surface area contributed by atoms with E-state index in [4.69, 9.17) is 16.0 Å². The molecule has 0 bridgehead atoms. The van der Waals surface area contributed by atoms with Crippen LogP contribution < -0.4 is 4.72 Å². The molecule has 1 atom stereocenters. The molecule has 25 heavy (non-hydrogen) atoms. The molecule has 0 aliphatic carbocycles. The van der Waals surface area contributed by atoms with Crippen LogP contribution in [0.4, 0.5) is 0 Å². The molecule has 0 saturated heterocycles. The van der Waals surface area contributed by atoms with E-state index >= 15 is 0 Å². The standard InChI is InChI=1S/C17H16ClNO4S2/c1-12-6-7-13(18)10-14(12)25(21,22)19-11-17(20,15-4-2-8-23-15)16-5-3-9-24-16/h2-10,19-20H,11H2,1H3. The van der Waals surface area contributed by atoms with Crippen LogP contribution >= 0.6 is 22.9 Å². The van der Waals surface area contributed by atoms with Crippen molar-refractivity contribution in [2.45, 2.75) is 17.4 Å². The lowest BCUT2D eigenvalue weighted by molar-refractivity contribution is 0.0655. The van der Waals surface area contributed by atoms with Crippen molar-refractivity contribution in [2.24, 2.45) is 0 Å². The van der Waals surface area contributed by atoms with Gasteiger partial charge in [-0.2, -0.15) is 0 Å². The Morgan fingerprint density at radius 1 is 1.28 bits per heavy atom. The first-order valence-corrected chi connectivity index (χ1v) is 10.1. The maximum Gasteiger partial charge on any atom is 0.241 e. The molecule has 3 rings (SSSR count). The van der Waals surface area contributed by atoms with Gasteiger partial charge < -0.3 is 9.52 Å². The number of thiophene rings is 1. The number of halogens is 1. The number of sulfonamides is 1. The third kappa shape index (κ3) is 3.65. The zero-order valence-corrected chi connectivity index (χ0v) is 15.7. The highest BCUT2D eigenvalue weighted by atomic mass is 35.5. The number of furan rings is 1. The minimum absolute atomic E-state index is 0.0768. The van der Waals surface area contributed by atoms with E-state index in [1.54, 1.807) is 48.7 Å². The highest BCUT2D eigenvalue weighted by molar-refractivity contribution is 7.89. The second kappa shape index (κ2) is 6.93. The molecule has 0 aliphatic heterocycles. The molecule has 2 N–H and O–H groups in total. The maximum atomic E-state index is 12.7. The third-order valence-corrected chi connectivity index (χ3v) is 6.61. The Morgan fingerprint density at radius 2 is 2.08 bits per heavy atom. The van der Waals surface area contributed by atoms with Crippen molar-refractivity contribution in [2.75, 3.05) is 6.54 Å². The van der Waals surface area contributed by atoms with Gasteiger partial charge in [-0.25, -0.2) is 13.1 Å². The molecule has 2 aromatic heterocycles. The van der Waals surface area contributed by atoms with Crippen LogP contribution in [-0.2, 0) is 15.6 Å². The van der Waals surface area contributed by atoms with E-state index in [9.17, 15) is 13.5 Å². The van der Waals surface area contributed by atoms with Gasteiger partial charge in [0.2, 0.25) is 10.0 Å². The van der Waals surface area contributed by atoms with E-state index in [1.807, 2.05) is 0 Å². The number of nitrogens with one attached hydrogen (secondary N) is 1. The Labute approximate surface area is 154 Å². The first-order chi connectivity index (χ1) is 11.8. The number of benzene rings is 1. The average molecular weight is 398 g/mol. The molecule has 3 aromatic rings. The number of rotatable bonds is 6. The van der Waals surface area contributed by atoms with Crippen molar-refractivity contribution in [3.63, 3.8) is 0 Å². The normalized spacial score (nSPS) is 14.4. The van der Waals surface area contributed by atoms with Crippen molar-refractivity contribution in [3.8, 4) is 0 Å². The summed E-state index contributed by atoms with van der Waals surface area (Å²) in [4.78, 5) is 0.654. The molecule has 0 spiro atoms. The number of hydrogen-bond acceptors (Lipinski definition) is 5. The molecule has 0 radical (unpaired) electrons. The van der Waals surface area contributed by atoms with Crippen molar-refractivity contribution in [3.05, 3.63) is 75.3 Å². The summed E-state index contributed by atoms with van der Waals surface area (Å²) in [5.74, 6) is 0.264. The van der Waals surface area contributed by atoms with Gasteiger partial charge in [-0.05, 0) is 48.2 Å². The van der Waals surface area contributed by atoms with Gasteiger partial charge in [0.1, 0.15) is 5.76 Å². The first kappa shape index (κ1) is 18.2. The summed E-state index contributed by atoms with van der Waals surface area (Å²) < 4.78 is 33.2. The molecule has 132 valence electrons. The van der Waals surface area contributed by atoms with Gasteiger partial charge in [0.15, 0.2) is 5.60 Å². The van der Waals surface area contributed by atoms with Crippen molar-refractivity contribution >= 4 is 33.0 Å². The van der Waals surface area contributed by atoms with Crippen LogP contribution in [0, 0.1) is 6.92 Å². The number of aliphatic hydroxyl groups is 1. The molecule has 0 fully saturated rings. The average Bonchev–Trinajstić information content (AvgIpc) is 3.28.